The monoisotopic (exact) mass is 373 g/mol. The molecule has 0 saturated carbocycles. The van der Waals surface area contributed by atoms with Gasteiger partial charge in [-0.2, -0.15) is 0 Å². The van der Waals surface area contributed by atoms with Gasteiger partial charge >= 0.3 is 0 Å². The highest BCUT2D eigenvalue weighted by molar-refractivity contribution is 5.95. The van der Waals surface area contributed by atoms with Gasteiger partial charge in [-0.3, -0.25) is 9.78 Å². The lowest BCUT2D eigenvalue weighted by atomic mass is 10.2. The number of carbonyl (C=O) groups is 1. The summed E-state index contributed by atoms with van der Waals surface area (Å²) >= 11 is 0. The molecule has 4 rings (SSSR count). The van der Waals surface area contributed by atoms with Crippen molar-refractivity contribution in [3.05, 3.63) is 78.2 Å². The number of aryl methyl sites for hydroxylation is 1. The first kappa shape index (κ1) is 18.0. The van der Waals surface area contributed by atoms with Crippen molar-refractivity contribution in [3.63, 3.8) is 0 Å². The number of benzene rings is 1. The Hall–Kier alpha value is -3.41. The van der Waals surface area contributed by atoms with Crippen molar-refractivity contribution in [2.75, 3.05) is 36.4 Å². The van der Waals surface area contributed by atoms with Crippen LogP contribution < -0.4 is 10.2 Å². The van der Waals surface area contributed by atoms with Gasteiger partial charge in [-0.25, -0.2) is 4.98 Å². The van der Waals surface area contributed by atoms with Crippen LogP contribution in [0.2, 0.25) is 0 Å². The minimum absolute atomic E-state index is 0.0149. The molecule has 28 heavy (non-hydrogen) atoms. The fraction of sp³-hybridized carbons (Fsp3) is 0.227. The minimum Gasteiger partial charge on any atom is -0.354 e. The van der Waals surface area contributed by atoms with Gasteiger partial charge in [0.2, 0.25) is 0 Å². The number of piperazine rings is 1. The zero-order chi connectivity index (χ0) is 19.3. The zero-order valence-corrected chi connectivity index (χ0v) is 15.9. The number of hydrogen-bond donors (Lipinski definition) is 1. The summed E-state index contributed by atoms with van der Waals surface area (Å²) in [6.45, 7) is 4.94. The number of carbonyl (C=O) groups excluding carboxylic acids is 1. The van der Waals surface area contributed by atoms with Gasteiger partial charge in [-0.1, -0.05) is 18.2 Å². The summed E-state index contributed by atoms with van der Waals surface area (Å²) in [5.41, 5.74) is 3.57. The highest BCUT2D eigenvalue weighted by atomic mass is 16.2. The third-order valence-corrected chi connectivity index (χ3v) is 4.83. The maximum Gasteiger partial charge on any atom is 0.255 e. The normalized spacial score (nSPS) is 14.0. The maximum atomic E-state index is 12.9. The van der Waals surface area contributed by atoms with Gasteiger partial charge in [-0.05, 0) is 42.8 Å². The van der Waals surface area contributed by atoms with Crippen molar-refractivity contribution in [3.8, 4) is 0 Å². The molecule has 3 heterocycles. The molecule has 0 spiro atoms. The second-order valence-corrected chi connectivity index (χ2v) is 6.92. The number of nitrogens with zero attached hydrogens (tertiary/aromatic N) is 4. The van der Waals surface area contributed by atoms with Gasteiger partial charge < -0.3 is 15.1 Å². The molecule has 1 aliphatic rings. The molecule has 1 saturated heterocycles. The molecule has 0 radical (unpaired) electrons. The van der Waals surface area contributed by atoms with Crippen molar-refractivity contribution in [1.82, 2.24) is 14.9 Å². The zero-order valence-electron chi connectivity index (χ0n) is 15.9. The van der Waals surface area contributed by atoms with Crippen LogP contribution >= 0.6 is 0 Å². The summed E-state index contributed by atoms with van der Waals surface area (Å²) < 4.78 is 0. The Morgan fingerprint density at radius 3 is 2.57 bits per heavy atom. The number of hydrogen-bond acceptors (Lipinski definition) is 5. The van der Waals surface area contributed by atoms with E-state index >= 15 is 0 Å². The molecule has 0 aliphatic carbocycles. The number of pyridine rings is 2. The van der Waals surface area contributed by atoms with Gasteiger partial charge in [0, 0.05) is 44.3 Å². The Kier molecular flexibility index (Phi) is 5.19. The molecule has 1 aliphatic heterocycles. The van der Waals surface area contributed by atoms with E-state index in [1.807, 2.05) is 54.3 Å². The van der Waals surface area contributed by atoms with Crippen LogP contribution in [0.5, 0.6) is 0 Å². The lowest BCUT2D eigenvalue weighted by molar-refractivity contribution is 0.0746. The van der Waals surface area contributed by atoms with E-state index < -0.39 is 0 Å². The van der Waals surface area contributed by atoms with Crippen molar-refractivity contribution in [2.45, 2.75) is 6.92 Å². The number of anilines is 3. The van der Waals surface area contributed by atoms with Crippen LogP contribution in [0.1, 0.15) is 15.9 Å². The van der Waals surface area contributed by atoms with Crippen molar-refractivity contribution < 1.29 is 4.79 Å². The van der Waals surface area contributed by atoms with Crippen LogP contribution in [-0.4, -0.2) is 47.0 Å². The van der Waals surface area contributed by atoms with Gasteiger partial charge in [0.05, 0.1) is 17.4 Å². The number of nitrogens with one attached hydrogen (secondary N) is 1. The van der Waals surface area contributed by atoms with Gasteiger partial charge in [-0.15, -0.1) is 0 Å². The van der Waals surface area contributed by atoms with Crippen LogP contribution in [0.25, 0.3) is 0 Å². The molecule has 0 bridgehead atoms. The van der Waals surface area contributed by atoms with E-state index in [0.717, 1.165) is 30.3 Å². The Morgan fingerprint density at radius 1 is 0.964 bits per heavy atom. The first-order chi connectivity index (χ1) is 13.7. The van der Waals surface area contributed by atoms with Crippen LogP contribution in [-0.2, 0) is 0 Å². The molecule has 6 heteroatoms. The van der Waals surface area contributed by atoms with Gasteiger partial charge in [0.1, 0.15) is 5.82 Å². The highest BCUT2D eigenvalue weighted by Crippen LogP contribution is 2.19. The van der Waals surface area contributed by atoms with Crippen LogP contribution in [0, 0.1) is 6.92 Å². The molecule has 2 aromatic heterocycles. The summed E-state index contributed by atoms with van der Waals surface area (Å²) in [5, 5.41) is 3.32. The van der Waals surface area contributed by atoms with E-state index in [-0.39, 0.29) is 5.91 Å². The Balaban J connectivity index is 1.41. The fourth-order valence-electron chi connectivity index (χ4n) is 3.38. The Bertz CT molecular complexity index is 952. The minimum atomic E-state index is 0.0149. The SMILES string of the molecule is Cc1cccc(Nc2cncc(C(=O)N3CCN(c4ccccn4)CC3)c2)c1. The largest absolute Gasteiger partial charge is 0.354 e. The van der Waals surface area contributed by atoms with E-state index in [1.165, 1.54) is 5.56 Å². The smallest absolute Gasteiger partial charge is 0.255 e. The average molecular weight is 373 g/mol. The lowest BCUT2D eigenvalue weighted by Gasteiger charge is -2.35. The number of aromatic nitrogens is 2. The molecular weight excluding hydrogens is 350 g/mol. The molecule has 0 unspecified atom stereocenters. The summed E-state index contributed by atoms with van der Waals surface area (Å²) in [6, 6.07) is 15.9. The van der Waals surface area contributed by atoms with E-state index in [2.05, 4.69) is 26.3 Å². The van der Waals surface area contributed by atoms with Crippen molar-refractivity contribution >= 4 is 23.1 Å². The second kappa shape index (κ2) is 8.08. The number of rotatable bonds is 4. The fourth-order valence-corrected chi connectivity index (χ4v) is 3.38. The average Bonchev–Trinajstić information content (AvgIpc) is 2.74. The molecular formula is C22H23N5O. The van der Waals surface area contributed by atoms with E-state index in [0.29, 0.717) is 18.7 Å². The molecule has 1 fully saturated rings. The molecule has 0 atom stereocenters. The third-order valence-electron chi connectivity index (χ3n) is 4.83. The second-order valence-electron chi connectivity index (χ2n) is 6.92. The molecule has 142 valence electrons. The molecule has 1 N–H and O–H groups in total. The molecule has 1 aromatic carbocycles. The van der Waals surface area contributed by atoms with Gasteiger partial charge in [0.25, 0.3) is 5.91 Å². The first-order valence-corrected chi connectivity index (χ1v) is 9.43. The molecule has 1 amide bonds. The third kappa shape index (κ3) is 4.11. The summed E-state index contributed by atoms with van der Waals surface area (Å²) in [4.78, 5) is 25.7. The van der Waals surface area contributed by atoms with Crippen molar-refractivity contribution in [1.29, 1.82) is 0 Å². The Morgan fingerprint density at radius 2 is 1.82 bits per heavy atom. The summed E-state index contributed by atoms with van der Waals surface area (Å²) in [6.07, 6.45) is 5.16. The predicted octanol–water partition coefficient (Wildman–Crippen LogP) is 3.49. The van der Waals surface area contributed by atoms with Gasteiger partial charge in [0.15, 0.2) is 0 Å². The van der Waals surface area contributed by atoms with E-state index in [1.54, 1.807) is 18.6 Å². The lowest BCUT2D eigenvalue weighted by Crippen LogP contribution is -2.49. The Labute approximate surface area is 164 Å². The van der Waals surface area contributed by atoms with Crippen LogP contribution in [0.15, 0.2) is 67.1 Å². The molecule has 6 nitrogen and oxygen atoms in total. The number of amides is 1. The highest BCUT2D eigenvalue weighted by Gasteiger charge is 2.23. The van der Waals surface area contributed by atoms with E-state index in [4.69, 9.17) is 0 Å². The first-order valence-electron chi connectivity index (χ1n) is 9.43. The van der Waals surface area contributed by atoms with Crippen LogP contribution in [0.3, 0.4) is 0 Å². The van der Waals surface area contributed by atoms with Crippen LogP contribution in [0.4, 0.5) is 17.2 Å². The summed E-state index contributed by atoms with van der Waals surface area (Å²) in [7, 11) is 0. The van der Waals surface area contributed by atoms with E-state index in [9.17, 15) is 4.79 Å². The standard InChI is InChI=1S/C22H23N5O/c1-17-5-4-6-19(13-17)25-20-14-18(15-23-16-20)22(28)27-11-9-26(10-12-27)21-7-2-3-8-24-21/h2-8,13-16,25H,9-12H2,1H3. The maximum absolute atomic E-state index is 12.9. The topological polar surface area (TPSA) is 61.4 Å². The quantitative estimate of drug-likeness (QED) is 0.759. The van der Waals surface area contributed by atoms with Crippen molar-refractivity contribution in [2.24, 2.45) is 0 Å². The molecule has 3 aromatic rings. The summed E-state index contributed by atoms with van der Waals surface area (Å²) in [5.74, 6) is 0.974. The predicted molar refractivity (Wildman–Crippen MR) is 111 cm³/mol.